The molecule has 2 aliphatic rings. The maximum atomic E-state index is 13.1. The highest BCUT2D eigenvalue weighted by Gasteiger charge is 2.42. The number of hydrogen-bond donors (Lipinski definition) is 0. The Morgan fingerprint density at radius 2 is 1.95 bits per heavy atom. The first kappa shape index (κ1) is 13.8. The van der Waals surface area contributed by atoms with E-state index in [-0.39, 0.29) is 11.7 Å². The Morgan fingerprint density at radius 1 is 1.32 bits per heavy atom. The Morgan fingerprint density at radius 3 is 2.53 bits per heavy atom. The number of alkyl halides is 1. The molecule has 2 bridgehead atoms. The van der Waals surface area contributed by atoms with Crippen LogP contribution in [0.1, 0.15) is 36.0 Å². The number of amides is 1. The highest BCUT2D eigenvalue weighted by atomic mass is 127. The maximum Gasteiger partial charge on any atom is 0.255 e. The van der Waals surface area contributed by atoms with Gasteiger partial charge in [0.2, 0.25) is 0 Å². The van der Waals surface area contributed by atoms with E-state index in [1.165, 1.54) is 12.1 Å². The Hall–Kier alpha value is -0.170. The normalized spacial score (nSPS) is 29.6. The topological polar surface area (TPSA) is 20.3 Å². The smallest absolute Gasteiger partial charge is 0.255 e. The van der Waals surface area contributed by atoms with E-state index in [2.05, 4.69) is 15.9 Å². The summed E-state index contributed by atoms with van der Waals surface area (Å²) in [4.78, 5) is 15.2. The number of piperidine rings is 1. The second-order valence-electron chi connectivity index (χ2n) is 5.29. The number of hydrogen-bond acceptors (Lipinski definition) is 1. The van der Waals surface area contributed by atoms with Crippen LogP contribution in [0.5, 0.6) is 0 Å². The number of rotatable bonds is 1. The summed E-state index contributed by atoms with van der Waals surface area (Å²) >= 11 is 5.72. The Balaban J connectivity index is 1.88. The van der Waals surface area contributed by atoms with Gasteiger partial charge in [-0.2, -0.15) is 0 Å². The molecule has 1 aromatic rings. The van der Waals surface area contributed by atoms with Crippen molar-refractivity contribution in [1.29, 1.82) is 0 Å². The zero-order valence-electron chi connectivity index (χ0n) is 10.3. The number of nitrogens with zero attached hydrogens (tertiary/aromatic N) is 1. The van der Waals surface area contributed by atoms with Gasteiger partial charge in [0.1, 0.15) is 5.82 Å². The molecule has 1 amide bonds. The second kappa shape index (κ2) is 5.31. The highest BCUT2D eigenvalue weighted by molar-refractivity contribution is 14.1. The van der Waals surface area contributed by atoms with Gasteiger partial charge in [-0.1, -0.05) is 15.9 Å². The van der Waals surface area contributed by atoms with E-state index in [1.54, 1.807) is 6.07 Å². The van der Waals surface area contributed by atoms with E-state index in [4.69, 9.17) is 0 Å². The zero-order chi connectivity index (χ0) is 13.6. The van der Waals surface area contributed by atoms with Gasteiger partial charge in [-0.05, 0) is 66.5 Å². The molecule has 0 saturated carbocycles. The van der Waals surface area contributed by atoms with Crippen LogP contribution >= 0.6 is 38.5 Å². The van der Waals surface area contributed by atoms with Gasteiger partial charge in [-0.3, -0.25) is 4.79 Å². The van der Waals surface area contributed by atoms with Crippen LogP contribution in [-0.2, 0) is 0 Å². The average Bonchev–Trinajstić information content (AvgIpc) is 2.61. The van der Waals surface area contributed by atoms with Gasteiger partial charge in [0.25, 0.3) is 5.91 Å². The summed E-state index contributed by atoms with van der Waals surface area (Å²) in [5.41, 5.74) is 0.631. The maximum absolute atomic E-state index is 13.1. The van der Waals surface area contributed by atoms with Gasteiger partial charge in [0, 0.05) is 20.5 Å². The number of benzene rings is 1. The van der Waals surface area contributed by atoms with Gasteiger partial charge >= 0.3 is 0 Å². The summed E-state index contributed by atoms with van der Waals surface area (Å²) in [6.07, 6.45) is 4.24. The molecule has 2 nitrogen and oxygen atoms in total. The molecule has 2 saturated heterocycles. The minimum Gasteiger partial charge on any atom is -0.333 e. The summed E-state index contributed by atoms with van der Waals surface area (Å²) in [6.45, 7) is 0. The fraction of sp³-hybridized carbons (Fsp3) is 0.500. The summed E-state index contributed by atoms with van der Waals surface area (Å²) < 4.78 is 13.8. The third kappa shape index (κ3) is 2.55. The number of fused-ring (bicyclic) bond motifs is 2. The molecule has 5 heteroatoms. The molecule has 2 fully saturated rings. The van der Waals surface area contributed by atoms with Crippen LogP contribution in [0.3, 0.4) is 0 Å². The summed E-state index contributed by atoms with van der Waals surface area (Å²) in [6, 6.07) is 5.09. The van der Waals surface area contributed by atoms with Crippen molar-refractivity contribution in [3.05, 3.63) is 33.1 Å². The first-order chi connectivity index (χ1) is 9.06. The predicted octanol–water partition coefficient (Wildman–Crippen LogP) is 3.96. The van der Waals surface area contributed by atoms with Crippen LogP contribution in [0, 0.1) is 9.39 Å². The lowest BCUT2D eigenvalue weighted by Gasteiger charge is -2.37. The number of halogens is 3. The van der Waals surface area contributed by atoms with Crippen LogP contribution in [0.4, 0.5) is 4.39 Å². The molecule has 2 aliphatic heterocycles. The van der Waals surface area contributed by atoms with Gasteiger partial charge in [-0.25, -0.2) is 4.39 Å². The molecular weight excluding hydrogens is 424 g/mol. The lowest BCUT2D eigenvalue weighted by molar-refractivity contribution is 0.0602. The van der Waals surface area contributed by atoms with Gasteiger partial charge in [0.05, 0.1) is 5.56 Å². The summed E-state index contributed by atoms with van der Waals surface area (Å²) in [5, 5.41) is 0. The molecule has 19 heavy (non-hydrogen) atoms. The van der Waals surface area contributed by atoms with E-state index in [0.717, 1.165) is 25.7 Å². The number of carbonyl (C=O) groups is 1. The first-order valence-corrected chi connectivity index (χ1v) is 8.47. The Kier molecular flexibility index (Phi) is 3.86. The van der Waals surface area contributed by atoms with Crippen LogP contribution < -0.4 is 0 Å². The van der Waals surface area contributed by atoms with Crippen LogP contribution in [0.25, 0.3) is 0 Å². The van der Waals surface area contributed by atoms with E-state index >= 15 is 0 Å². The molecule has 0 radical (unpaired) electrons. The number of carbonyl (C=O) groups excluding carboxylic acids is 1. The Bertz CT molecular complexity index is 510. The Labute approximate surface area is 134 Å². The van der Waals surface area contributed by atoms with Crippen molar-refractivity contribution in [2.24, 2.45) is 0 Å². The molecule has 2 heterocycles. The third-order valence-corrected chi connectivity index (χ3v) is 5.71. The van der Waals surface area contributed by atoms with Crippen molar-refractivity contribution < 1.29 is 9.18 Å². The minimum atomic E-state index is -0.289. The third-order valence-electron chi connectivity index (χ3n) is 4.07. The molecule has 0 spiro atoms. The van der Waals surface area contributed by atoms with Crippen molar-refractivity contribution in [2.75, 3.05) is 0 Å². The van der Waals surface area contributed by atoms with Crippen molar-refractivity contribution >= 4 is 44.4 Å². The van der Waals surface area contributed by atoms with Crippen LogP contribution in [0.15, 0.2) is 18.2 Å². The van der Waals surface area contributed by atoms with Gasteiger partial charge < -0.3 is 4.90 Å². The van der Waals surface area contributed by atoms with Crippen LogP contribution in [0.2, 0.25) is 0 Å². The second-order valence-corrected chi connectivity index (χ2v) is 7.75. The fourth-order valence-electron chi connectivity index (χ4n) is 3.24. The predicted molar refractivity (Wildman–Crippen MR) is 84.0 cm³/mol. The molecule has 1 aromatic carbocycles. The van der Waals surface area contributed by atoms with Crippen LogP contribution in [-0.4, -0.2) is 27.7 Å². The molecule has 2 unspecified atom stereocenters. The van der Waals surface area contributed by atoms with E-state index in [9.17, 15) is 9.18 Å². The van der Waals surface area contributed by atoms with Crippen molar-refractivity contribution in [2.45, 2.75) is 42.6 Å². The van der Waals surface area contributed by atoms with E-state index in [1.807, 2.05) is 27.5 Å². The summed E-state index contributed by atoms with van der Waals surface area (Å²) in [5.74, 6) is -0.223. The molecule has 0 N–H and O–H groups in total. The van der Waals surface area contributed by atoms with Gasteiger partial charge in [-0.15, -0.1) is 0 Å². The summed E-state index contributed by atoms with van der Waals surface area (Å²) in [7, 11) is 0. The molecule has 2 atom stereocenters. The molecular formula is C14H14BrFINO. The van der Waals surface area contributed by atoms with E-state index < -0.39 is 0 Å². The molecule has 102 valence electrons. The largest absolute Gasteiger partial charge is 0.333 e. The zero-order valence-corrected chi connectivity index (χ0v) is 14.0. The first-order valence-electron chi connectivity index (χ1n) is 6.48. The standard InChI is InChI=1S/C14H14BrFINO/c15-8-5-10-2-3-11(6-8)18(10)14(19)12-4-1-9(16)7-13(12)17/h1,4,7-8,10-11H,2-3,5-6H2. The fourth-order valence-corrected chi connectivity index (χ4v) is 4.82. The molecule has 0 aromatic heterocycles. The minimum absolute atomic E-state index is 0.0660. The average molecular weight is 438 g/mol. The van der Waals surface area contributed by atoms with Crippen molar-refractivity contribution in [1.82, 2.24) is 4.90 Å². The molecule has 3 rings (SSSR count). The molecule has 0 aliphatic carbocycles. The monoisotopic (exact) mass is 437 g/mol. The van der Waals surface area contributed by atoms with E-state index in [0.29, 0.717) is 26.0 Å². The quantitative estimate of drug-likeness (QED) is 0.481. The SMILES string of the molecule is O=C(c1ccc(F)cc1I)N1C2CCC1CC(Br)C2. The lowest BCUT2D eigenvalue weighted by atomic mass is 10.0. The lowest BCUT2D eigenvalue weighted by Crippen LogP contribution is -2.47. The van der Waals surface area contributed by atoms with Crippen molar-refractivity contribution in [3.63, 3.8) is 0 Å². The van der Waals surface area contributed by atoms with Gasteiger partial charge in [0.15, 0.2) is 0 Å². The van der Waals surface area contributed by atoms with Crippen molar-refractivity contribution in [3.8, 4) is 0 Å². The highest BCUT2D eigenvalue weighted by Crippen LogP contribution is 2.39.